The van der Waals surface area contributed by atoms with Crippen molar-refractivity contribution < 1.29 is 21.6 Å². The highest BCUT2D eigenvalue weighted by atomic mass is 32.2. The maximum Gasteiger partial charge on any atom is 0.285 e. The predicted octanol–water partition coefficient (Wildman–Crippen LogP) is 1.83. The number of primary sulfonamides is 1. The summed E-state index contributed by atoms with van der Waals surface area (Å²) in [5.41, 5.74) is 0.626. The summed E-state index contributed by atoms with van der Waals surface area (Å²) in [6.07, 6.45) is 1.60. The standard InChI is InChI=1S/C17H17N3O5S3/c1-3-10-20-15-9-8-14(27(18,21)22)11-16(15)26-17(20)19-28(23,24)13-6-4-12(25-2)5-7-13/h3-9,11H,1,10H2,2H3,(H2,18,21,22)/b19-17-. The van der Waals surface area contributed by atoms with E-state index in [1.54, 1.807) is 16.7 Å². The molecule has 0 saturated carbocycles. The average Bonchev–Trinajstić information content (AvgIpc) is 2.97. The number of rotatable bonds is 6. The number of ether oxygens (including phenoxy) is 1. The lowest BCUT2D eigenvalue weighted by molar-refractivity contribution is 0.414. The van der Waals surface area contributed by atoms with Gasteiger partial charge < -0.3 is 9.30 Å². The molecule has 0 aliphatic heterocycles. The monoisotopic (exact) mass is 439 g/mol. The molecule has 28 heavy (non-hydrogen) atoms. The number of nitrogens with zero attached hydrogens (tertiary/aromatic N) is 2. The Morgan fingerprint density at radius 3 is 2.36 bits per heavy atom. The quantitative estimate of drug-likeness (QED) is 0.588. The summed E-state index contributed by atoms with van der Waals surface area (Å²) < 4.78 is 59.7. The van der Waals surface area contributed by atoms with Crippen LogP contribution in [0.2, 0.25) is 0 Å². The summed E-state index contributed by atoms with van der Waals surface area (Å²) in [6, 6.07) is 10.2. The Morgan fingerprint density at radius 1 is 1.14 bits per heavy atom. The van der Waals surface area contributed by atoms with Gasteiger partial charge in [-0.1, -0.05) is 17.4 Å². The van der Waals surface area contributed by atoms with E-state index in [2.05, 4.69) is 11.0 Å². The molecule has 0 aliphatic rings. The van der Waals surface area contributed by atoms with Crippen LogP contribution in [0.1, 0.15) is 0 Å². The Kier molecular flexibility index (Phi) is 5.44. The van der Waals surface area contributed by atoms with E-state index in [1.807, 2.05) is 0 Å². The van der Waals surface area contributed by atoms with E-state index in [0.29, 0.717) is 22.5 Å². The van der Waals surface area contributed by atoms with Crippen molar-refractivity contribution in [2.24, 2.45) is 9.54 Å². The SMILES string of the molecule is C=CCn1/c(=N/S(=O)(=O)c2ccc(OC)cc2)sc2cc(S(N)(=O)=O)ccc21. The van der Waals surface area contributed by atoms with Crippen molar-refractivity contribution in [1.29, 1.82) is 0 Å². The second-order valence-electron chi connectivity index (χ2n) is 5.70. The van der Waals surface area contributed by atoms with Gasteiger partial charge in [0.1, 0.15) is 5.75 Å². The largest absolute Gasteiger partial charge is 0.497 e. The van der Waals surface area contributed by atoms with Crippen LogP contribution in [0, 0.1) is 0 Å². The van der Waals surface area contributed by atoms with Crippen LogP contribution in [0.25, 0.3) is 10.2 Å². The zero-order valence-electron chi connectivity index (χ0n) is 14.8. The minimum atomic E-state index is -3.98. The van der Waals surface area contributed by atoms with Crippen molar-refractivity contribution in [2.75, 3.05) is 7.11 Å². The van der Waals surface area contributed by atoms with Crippen LogP contribution in [0.15, 0.2) is 69.3 Å². The van der Waals surface area contributed by atoms with Gasteiger partial charge in [-0.15, -0.1) is 11.0 Å². The third-order valence-corrected chi connectivity index (χ3v) is 7.20. The lowest BCUT2D eigenvalue weighted by Gasteiger charge is -2.03. The molecule has 0 saturated heterocycles. The van der Waals surface area contributed by atoms with Crippen molar-refractivity contribution >= 4 is 41.6 Å². The van der Waals surface area contributed by atoms with Crippen LogP contribution < -0.4 is 14.7 Å². The van der Waals surface area contributed by atoms with Crippen LogP contribution in [-0.2, 0) is 26.6 Å². The van der Waals surface area contributed by atoms with E-state index in [0.717, 1.165) is 11.3 Å². The lowest BCUT2D eigenvalue weighted by Crippen LogP contribution is -2.16. The fourth-order valence-electron chi connectivity index (χ4n) is 2.51. The summed E-state index contributed by atoms with van der Waals surface area (Å²) in [6.45, 7) is 3.97. The molecule has 11 heteroatoms. The Labute approximate surface area is 166 Å². The zero-order valence-corrected chi connectivity index (χ0v) is 17.2. The van der Waals surface area contributed by atoms with Crippen LogP contribution in [0.4, 0.5) is 0 Å². The van der Waals surface area contributed by atoms with E-state index in [-0.39, 0.29) is 14.6 Å². The number of fused-ring (bicyclic) bond motifs is 1. The number of hydrogen-bond donors (Lipinski definition) is 1. The van der Waals surface area contributed by atoms with Gasteiger partial charge in [-0.2, -0.15) is 8.42 Å². The second-order valence-corrected chi connectivity index (χ2v) is 9.87. The minimum Gasteiger partial charge on any atom is -0.497 e. The summed E-state index contributed by atoms with van der Waals surface area (Å²) in [5.74, 6) is 0.526. The first-order valence-corrected chi connectivity index (χ1v) is 11.7. The molecule has 0 atom stereocenters. The molecule has 0 radical (unpaired) electrons. The van der Waals surface area contributed by atoms with Crippen molar-refractivity contribution in [3.8, 4) is 5.75 Å². The molecule has 0 fully saturated rings. The minimum absolute atomic E-state index is 0.0149. The van der Waals surface area contributed by atoms with E-state index in [9.17, 15) is 16.8 Å². The van der Waals surface area contributed by atoms with E-state index < -0.39 is 20.0 Å². The lowest BCUT2D eigenvalue weighted by atomic mass is 10.3. The maximum absolute atomic E-state index is 12.7. The predicted molar refractivity (Wildman–Crippen MR) is 107 cm³/mol. The van der Waals surface area contributed by atoms with Gasteiger partial charge in [0.05, 0.1) is 27.1 Å². The molecule has 3 aromatic rings. The third kappa shape index (κ3) is 4.02. The van der Waals surface area contributed by atoms with Crippen molar-refractivity contribution in [2.45, 2.75) is 16.3 Å². The van der Waals surface area contributed by atoms with Crippen LogP contribution in [0.3, 0.4) is 0 Å². The molecule has 2 N–H and O–H groups in total. The number of thiazole rings is 1. The highest BCUT2D eigenvalue weighted by molar-refractivity contribution is 7.90. The van der Waals surface area contributed by atoms with Gasteiger partial charge >= 0.3 is 0 Å². The Hall–Kier alpha value is -2.47. The topological polar surface area (TPSA) is 121 Å². The van der Waals surface area contributed by atoms with Gasteiger partial charge in [-0.3, -0.25) is 0 Å². The summed E-state index contributed by atoms with van der Waals surface area (Å²) in [5, 5.41) is 5.18. The zero-order chi connectivity index (χ0) is 20.5. The fraction of sp³-hybridized carbons (Fsp3) is 0.118. The Morgan fingerprint density at radius 2 is 1.79 bits per heavy atom. The number of sulfonamides is 2. The van der Waals surface area contributed by atoms with Crippen molar-refractivity contribution in [3.05, 3.63) is 59.9 Å². The van der Waals surface area contributed by atoms with Crippen LogP contribution >= 0.6 is 11.3 Å². The number of benzene rings is 2. The first-order valence-electron chi connectivity index (χ1n) is 7.88. The molecule has 2 aromatic carbocycles. The molecule has 8 nitrogen and oxygen atoms in total. The first-order chi connectivity index (χ1) is 13.2. The molecule has 0 aliphatic carbocycles. The first kappa shape index (κ1) is 20.3. The third-order valence-electron chi connectivity index (χ3n) is 3.85. The average molecular weight is 440 g/mol. The molecular weight excluding hydrogens is 422 g/mol. The van der Waals surface area contributed by atoms with Crippen molar-refractivity contribution in [3.63, 3.8) is 0 Å². The molecule has 0 bridgehead atoms. The van der Waals surface area contributed by atoms with E-state index >= 15 is 0 Å². The molecule has 1 heterocycles. The second kappa shape index (κ2) is 7.51. The van der Waals surface area contributed by atoms with Crippen LogP contribution in [0.5, 0.6) is 5.75 Å². The fourth-order valence-corrected chi connectivity index (χ4v) is 5.41. The highest BCUT2D eigenvalue weighted by Gasteiger charge is 2.16. The van der Waals surface area contributed by atoms with Crippen molar-refractivity contribution in [1.82, 2.24) is 4.57 Å². The highest BCUT2D eigenvalue weighted by Crippen LogP contribution is 2.22. The molecule has 0 amide bonds. The van der Waals surface area contributed by atoms with E-state index in [1.165, 1.54) is 43.5 Å². The summed E-state index contributed by atoms with van der Waals surface area (Å²) in [4.78, 5) is 0.148. The molecule has 0 spiro atoms. The number of aromatic nitrogens is 1. The van der Waals surface area contributed by atoms with E-state index in [4.69, 9.17) is 9.88 Å². The molecule has 1 aromatic heterocycles. The van der Waals surface area contributed by atoms with Gasteiger partial charge in [0, 0.05) is 6.54 Å². The number of allylic oxidation sites excluding steroid dienone is 1. The summed E-state index contributed by atoms with van der Waals surface area (Å²) in [7, 11) is -6.38. The van der Waals surface area contributed by atoms with Gasteiger partial charge in [-0.25, -0.2) is 13.6 Å². The molecule has 0 unspecified atom stereocenters. The molecular formula is C17H17N3O5S3. The number of methoxy groups -OCH3 is 1. The summed E-state index contributed by atoms with van der Waals surface area (Å²) >= 11 is 1.05. The molecule has 3 rings (SSSR count). The number of hydrogen-bond acceptors (Lipinski definition) is 6. The van der Waals surface area contributed by atoms with Gasteiger partial charge in [-0.05, 0) is 42.5 Å². The van der Waals surface area contributed by atoms with Gasteiger partial charge in [0.25, 0.3) is 10.0 Å². The number of nitrogens with two attached hydrogens (primary N) is 1. The van der Waals surface area contributed by atoms with Crippen LogP contribution in [-0.4, -0.2) is 28.5 Å². The van der Waals surface area contributed by atoms with Gasteiger partial charge in [0.2, 0.25) is 14.8 Å². The molecule has 148 valence electrons. The normalized spacial score (nSPS) is 13.0. The smallest absolute Gasteiger partial charge is 0.285 e. The Bertz CT molecular complexity index is 1320. The Balaban J connectivity index is 2.22. The van der Waals surface area contributed by atoms with Gasteiger partial charge in [0.15, 0.2) is 0 Å². The maximum atomic E-state index is 12.7.